The Morgan fingerprint density at radius 3 is 2.41 bits per heavy atom. The van der Waals surface area contributed by atoms with Crippen molar-refractivity contribution in [1.82, 2.24) is 10.2 Å². The number of aryl methyl sites for hydroxylation is 2. The summed E-state index contributed by atoms with van der Waals surface area (Å²) in [7, 11) is 0. The third-order valence-electron chi connectivity index (χ3n) is 6.30. The van der Waals surface area contributed by atoms with E-state index in [1.807, 2.05) is 62.4 Å². The molecule has 3 amide bonds. The smallest absolute Gasteiger partial charge is 0.231 e. The van der Waals surface area contributed by atoms with Crippen molar-refractivity contribution in [2.24, 2.45) is 5.92 Å². The van der Waals surface area contributed by atoms with Crippen LogP contribution in [0.1, 0.15) is 34.9 Å². The summed E-state index contributed by atoms with van der Waals surface area (Å²) < 4.78 is 0. The van der Waals surface area contributed by atoms with Crippen LogP contribution in [0.4, 0.5) is 16.5 Å². The molecule has 3 aromatic rings. The molecule has 34 heavy (non-hydrogen) atoms. The van der Waals surface area contributed by atoms with Gasteiger partial charge in [-0.1, -0.05) is 41.2 Å². The number of carbonyl (C=O) groups is 3. The number of rotatable bonds is 5. The van der Waals surface area contributed by atoms with Gasteiger partial charge in [0.2, 0.25) is 22.9 Å². The fourth-order valence-corrected chi connectivity index (χ4v) is 5.27. The van der Waals surface area contributed by atoms with Crippen LogP contribution >= 0.6 is 11.3 Å². The van der Waals surface area contributed by atoms with Gasteiger partial charge in [0.25, 0.3) is 0 Å². The summed E-state index contributed by atoms with van der Waals surface area (Å²) in [5.41, 5.74) is 3.89. The molecule has 174 valence electrons. The Morgan fingerprint density at radius 1 is 0.912 bits per heavy atom. The van der Waals surface area contributed by atoms with E-state index in [9.17, 15) is 14.4 Å². The lowest BCUT2D eigenvalue weighted by molar-refractivity contribution is -0.122. The molecule has 2 atom stereocenters. The lowest BCUT2D eigenvalue weighted by atomic mass is 10.1. The van der Waals surface area contributed by atoms with Gasteiger partial charge in [-0.2, -0.15) is 0 Å². The van der Waals surface area contributed by atoms with E-state index in [0.717, 1.165) is 27.5 Å². The quantitative estimate of drug-likeness (QED) is 0.608. The van der Waals surface area contributed by atoms with E-state index in [0.29, 0.717) is 24.6 Å². The van der Waals surface area contributed by atoms with Crippen molar-refractivity contribution in [3.63, 3.8) is 0 Å². The molecular formula is C25H25N5O3S. The van der Waals surface area contributed by atoms with E-state index < -0.39 is 5.92 Å². The Morgan fingerprint density at radius 2 is 1.65 bits per heavy atom. The molecule has 0 aliphatic carbocycles. The molecule has 2 saturated heterocycles. The van der Waals surface area contributed by atoms with Gasteiger partial charge in [0.15, 0.2) is 0 Å². The van der Waals surface area contributed by atoms with Crippen LogP contribution in [0, 0.1) is 19.8 Å². The van der Waals surface area contributed by atoms with Gasteiger partial charge in [-0.15, -0.1) is 10.2 Å². The topological polar surface area (TPSA) is 95.5 Å². The zero-order valence-corrected chi connectivity index (χ0v) is 19.8. The van der Waals surface area contributed by atoms with Crippen LogP contribution in [-0.4, -0.2) is 41.0 Å². The number of amides is 3. The molecule has 2 fully saturated rings. The van der Waals surface area contributed by atoms with E-state index in [1.54, 1.807) is 9.80 Å². The third kappa shape index (κ3) is 4.43. The Labute approximate surface area is 201 Å². The van der Waals surface area contributed by atoms with Crippen LogP contribution in [0.2, 0.25) is 0 Å². The van der Waals surface area contributed by atoms with Crippen molar-refractivity contribution in [1.29, 1.82) is 0 Å². The van der Waals surface area contributed by atoms with Crippen LogP contribution in [0.3, 0.4) is 0 Å². The number of hydrogen-bond donors (Lipinski definition) is 1. The van der Waals surface area contributed by atoms with Gasteiger partial charge in [0, 0.05) is 43.2 Å². The Hall–Kier alpha value is -3.59. The highest BCUT2D eigenvalue weighted by Gasteiger charge is 2.37. The molecule has 1 aromatic heterocycles. The molecule has 2 aliphatic heterocycles. The fourth-order valence-electron chi connectivity index (χ4n) is 4.43. The first-order valence-electron chi connectivity index (χ1n) is 11.3. The first-order valence-corrected chi connectivity index (χ1v) is 12.1. The van der Waals surface area contributed by atoms with E-state index in [1.165, 1.54) is 11.3 Å². The maximum atomic E-state index is 12.8. The van der Waals surface area contributed by atoms with Gasteiger partial charge in [-0.3, -0.25) is 14.4 Å². The number of nitrogens with zero attached hydrogens (tertiary/aromatic N) is 4. The Balaban J connectivity index is 1.22. The van der Waals surface area contributed by atoms with E-state index in [-0.39, 0.29) is 30.1 Å². The van der Waals surface area contributed by atoms with Gasteiger partial charge in [0.1, 0.15) is 5.01 Å². The molecule has 0 saturated carbocycles. The maximum Gasteiger partial charge on any atom is 0.231 e. The molecule has 3 heterocycles. The number of nitrogens with one attached hydrogen (secondary N) is 1. The van der Waals surface area contributed by atoms with E-state index >= 15 is 0 Å². The number of aromatic nitrogens is 2. The second-order valence-corrected chi connectivity index (χ2v) is 9.93. The predicted molar refractivity (Wildman–Crippen MR) is 131 cm³/mol. The van der Waals surface area contributed by atoms with Gasteiger partial charge in [0.05, 0.1) is 5.92 Å². The minimum absolute atomic E-state index is 0.0528. The molecule has 1 N–H and O–H groups in total. The average molecular weight is 476 g/mol. The normalized spacial score (nSPS) is 20.3. The zero-order chi connectivity index (χ0) is 23.8. The largest absolute Gasteiger partial charge is 0.312 e. The van der Waals surface area contributed by atoms with Gasteiger partial charge in [-0.25, -0.2) is 0 Å². The molecule has 2 unspecified atom stereocenters. The standard InChI is InChI=1S/C25H25N5O3S/c1-15-6-8-19(9-7-15)29-13-17(11-21(29)31)23(33)26-25-28-27-24(34-25)18-12-22(32)30(14-18)20-5-3-4-16(2)10-20/h3-10,17-18H,11-14H2,1-2H3,(H,26,28,33). The van der Waals surface area contributed by atoms with Crippen molar-refractivity contribution >= 4 is 45.6 Å². The molecule has 0 spiro atoms. The number of hydrogen-bond acceptors (Lipinski definition) is 6. The van der Waals surface area contributed by atoms with Crippen molar-refractivity contribution in [3.8, 4) is 0 Å². The average Bonchev–Trinajstić information content (AvgIpc) is 3.53. The maximum absolute atomic E-state index is 12.8. The Kier molecular flexibility index (Phi) is 5.87. The monoisotopic (exact) mass is 475 g/mol. The van der Waals surface area contributed by atoms with Crippen LogP contribution in [-0.2, 0) is 14.4 Å². The summed E-state index contributed by atoms with van der Waals surface area (Å²) in [6.07, 6.45) is 0.521. The van der Waals surface area contributed by atoms with E-state index in [2.05, 4.69) is 15.5 Å². The summed E-state index contributed by atoms with van der Waals surface area (Å²) in [6, 6.07) is 15.6. The van der Waals surface area contributed by atoms with Crippen molar-refractivity contribution in [2.75, 3.05) is 28.2 Å². The summed E-state index contributed by atoms with van der Waals surface area (Å²) in [5, 5.41) is 12.3. The van der Waals surface area contributed by atoms with Crippen LogP contribution in [0.15, 0.2) is 48.5 Å². The van der Waals surface area contributed by atoms with Gasteiger partial charge < -0.3 is 15.1 Å². The predicted octanol–water partition coefficient (Wildman–Crippen LogP) is 3.67. The summed E-state index contributed by atoms with van der Waals surface area (Å²) >= 11 is 1.29. The molecule has 8 nitrogen and oxygen atoms in total. The SMILES string of the molecule is Cc1ccc(N2CC(C(=O)Nc3nnc(C4CC(=O)N(c5cccc(C)c5)C4)s3)CC2=O)cc1. The van der Waals surface area contributed by atoms with Crippen molar-refractivity contribution in [2.45, 2.75) is 32.6 Å². The van der Waals surface area contributed by atoms with E-state index in [4.69, 9.17) is 0 Å². The number of carbonyl (C=O) groups excluding carboxylic acids is 3. The zero-order valence-electron chi connectivity index (χ0n) is 19.0. The van der Waals surface area contributed by atoms with Crippen molar-refractivity contribution < 1.29 is 14.4 Å². The van der Waals surface area contributed by atoms with Crippen LogP contribution < -0.4 is 15.1 Å². The van der Waals surface area contributed by atoms with Crippen LogP contribution in [0.25, 0.3) is 0 Å². The minimum atomic E-state index is -0.453. The molecule has 2 aliphatic rings. The highest BCUT2D eigenvalue weighted by molar-refractivity contribution is 7.15. The van der Waals surface area contributed by atoms with Gasteiger partial charge >= 0.3 is 0 Å². The van der Waals surface area contributed by atoms with Crippen molar-refractivity contribution in [3.05, 3.63) is 64.7 Å². The summed E-state index contributed by atoms with van der Waals surface area (Å²) in [4.78, 5) is 41.4. The molecule has 5 rings (SSSR count). The third-order valence-corrected chi connectivity index (χ3v) is 7.30. The molecular weight excluding hydrogens is 450 g/mol. The van der Waals surface area contributed by atoms with Crippen LogP contribution in [0.5, 0.6) is 0 Å². The summed E-state index contributed by atoms with van der Waals surface area (Å²) in [5.74, 6) is -0.776. The minimum Gasteiger partial charge on any atom is -0.312 e. The molecule has 9 heteroatoms. The lowest BCUT2D eigenvalue weighted by Crippen LogP contribution is -2.28. The second kappa shape index (κ2) is 8.98. The summed E-state index contributed by atoms with van der Waals surface area (Å²) in [6.45, 7) is 4.86. The number of anilines is 3. The second-order valence-electron chi connectivity index (χ2n) is 8.92. The highest BCUT2D eigenvalue weighted by Crippen LogP contribution is 2.35. The molecule has 2 aromatic carbocycles. The first-order chi connectivity index (χ1) is 16.4. The molecule has 0 radical (unpaired) electrons. The van der Waals surface area contributed by atoms with Gasteiger partial charge in [-0.05, 0) is 43.7 Å². The highest BCUT2D eigenvalue weighted by atomic mass is 32.1. The number of benzene rings is 2. The lowest BCUT2D eigenvalue weighted by Gasteiger charge is -2.16. The molecule has 0 bridgehead atoms. The fraction of sp³-hybridized carbons (Fsp3) is 0.320. The first kappa shape index (κ1) is 22.2. The Bertz CT molecular complexity index is 1260.